The van der Waals surface area contributed by atoms with E-state index in [-0.39, 0.29) is 0 Å². The molecule has 0 unspecified atom stereocenters. The van der Waals surface area contributed by atoms with E-state index in [9.17, 15) is 0 Å². The van der Waals surface area contributed by atoms with Gasteiger partial charge in [-0.2, -0.15) is 0 Å². The molecule has 1 rings (SSSR count). The van der Waals surface area contributed by atoms with Crippen molar-refractivity contribution in [2.75, 3.05) is 26.8 Å². The number of methoxy groups -OCH3 is 1. The van der Waals surface area contributed by atoms with E-state index >= 15 is 0 Å². The lowest BCUT2D eigenvalue weighted by atomic mass is 10.3. The molecule has 0 aliphatic carbocycles. The second-order valence-electron chi connectivity index (χ2n) is 3.59. The summed E-state index contributed by atoms with van der Waals surface area (Å²) < 4.78 is 5.09. The Hall–Kier alpha value is -0.680. The molecule has 0 bridgehead atoms. The Morgan fingerprint density at radius 3 is 2.81 bits per heavy atom. The molecule has 0 radical (unpaired) electrons. The van der Waals surface area contributed by atoms with Crippen LogP contribution >= 0.6 is 11.3 Å². The molecule has 0 saturated heterocycles. The van der Waals surface area contributed by atoms with Crippen LogP contribution in [-0.4, -0.2) is 31.7 Å². The molecular weight excluding hydrogens is 220 g/mol. The van der Waals surface area contributed by atoms with Crippen molar-refractivity contribution in [3.05, 3.63) is 34.5 Å². The van der Waals surface area contributed by atoms with Gasteiger partial charge < -0.3 is 10.5 Å². The van der Waals surface area contributed by atoms with Crippen LogP contribution < -0.4 is 5.73 Å². The number of hydrogen-bond acceptors (Lipinski definition) is 4. The molecule has 0 saturated carbocycles. The normalized spacial score (nSPS) is 10.9. The van der Waals surface area contributed by atoms with Crippen LogP contribution in [0.25, 0.3) is 0 Å². The van der Waals surface area contributed by atoms with Gasteiger partial charge in [-0.15, -0.1) is 17.9 Å². The van der Waals surface area contributed by atoms with Gasteiger partial charge in [-0.3, -0.25) is 4.90 Å². The van der Waals surface area contributed by atoms with Gasteiger partial charge >= 0.3 is 0 Å². The quantitative estimate of drug-likeness (QED) is 0.705. The summed E-state index contributed by atoms with van der Waals surface area (Å²) in [6.07, 6.45) is 1.92. The number of nitrogens with two attached hydrogens (primary N) is 1. The predicted molar refractivity (Wildman–Crippen MR) is 69.6 cm³/mol. The van der Waals surface area contributed by atoms with Crippen molar-refractivity contribution in [3.63, 3.8) is 0 Å². The molecule has 4 heteroatoms. The van der Waals surface area contributed by atoms with Gasteiger partial charge in [-0.25, -0.2) is 0 Å². The summed E-state index contributed by atoms with van der Waals surface area (Å²) >= 11 is 1.78. The third-order valence-electron chi connectivity index (χ3n) is 2.30. The molecule has 0 aliphatic heterocycles. The molecule has 16 heavy (non-hydrogen) atoms. The van der Waals surface area contributed by atoms with Crippen LogP contribution in [0.15, 0.2) is 24.8 Å². The summed E-state index contributed by atoms with van der Waals surface area (Å²) in [4.78, 5) is 4.89. The van der Waals surface area contributed by atoms with Crippen LogP contribution in [0.3, 0.4) is 0 Å². The van der Waals surface area contributed by atoms with E-state index in [0.29, 0.717) is 6.54 Å². The lowest BCUT2D eigenvalue weighted by molar-refractivity contribution is 0.151. The monoisotopic (exact) mass is 240 g/mol. The Kier molecular flexibility index (Phi) is 6.33. The van der Waals surface area contributed by atoms with Gasteiger partial charge in [0.1, 0.15) is 0 Å². The van der Waals surface area contributed by atoms with Gasteiger partial charge in [0.05, 0.1) is 6.61 Å². The minimum absolute atomic E-state index is 0.629. The molecule has 2 N–H and O–H groups in total. The van der Waals surface area contributed by atoms with E-state index < -0.39 is 0 Å². The summed E-state index contributed by atoms with van der Waals surface area (Å²) in [6, 6.07) is 4.25. The van der Waals surface area contributed by atoms with Crippen molar-refractivity contribution in [1.29, 1.82) is 0 Å². The molecule has 1 aromatic rings. The molecule has 0 aliphatic rings. The highest BCUT2D eigenvalue weighted by molar-refractivity contribution is 7.11. The van der Waals surface area contributed by atoms with Gasteiger partial charge in [0.25, 0.3) is 0 Å². The minimum Gasteiger partial charge on any atom is -0.383 e. The van der Waals surface area contributed by atoms with Crippen molar-refractivity contribution in [1.82, 2.24) is 4.90 Å². The second kappa shape index (κ2) is 7.57. The summed E-state index contributed by atoms with van der Waals surface area (Å²) in [5.41, 5.74) is 5.59. The zero-order valence-corrected chi connectivity index (χ0v) is 10.6. The van der Waals surface area contributed by atoms with Crippen molar-refractivity contribution >= 4 is 11.3 Å². The Labute approximate surface area is 102 Å². The summed E-state index contributed by atoms with van der Waals surface area (Å²) in [6.45, 7) is 7.92. The first kappa shape index (κ1) is 13.4. The zero-order valence-electron chi connectivity index (χ0n) is 9.82. The highest BCUT2D eigenvalue weighted by atomic mass is 32.1. The Balaban J connectivity index is 2.49. The molecule has 0 fully saturated rings. The smallest absolute Gasteiger partial charge is 0.0589 e. The molecule has 0 amide bonds. The van der Waals surface area contributed by atoms with E-state index in [0.717, 1.165) is 26.2 Å². The van der Waals surface area contributed by atoms with Crippen LogP contribution in [0.2, 0.25) is 0 Å². The maximum absolute atomic E-state index is 5.59. The molecule has 1 heterocycles. The molecule has 90 valence electrons. The minimum atomic E-state index is 0.629. The van der Waals surface area contributed by atoms with Crippen LogP contribution in [0, 0.1) is 0 Å². The molecule has 0 spiro atoms. The molecule has 3 nitrogen and oxygen atoms in total. The van der Waals surface area contributed by atoms with E-state index in [1.807, 2.05) is 6.08 Å². The van der Waals surface area contributed by atoms with E-state index in [2.05, 4.69) is 23.6 Å². The highest BCUT2D eigenvalue weighted by Crippen LogP contribution is 2.17. The third-order valence-corrected chi connectivity index (χ3v) is 3.39. The van der Waals surface area contributed by atoms with Crippen molar-refractivity contribution in [2.24, 2.45) is 5.73 Å². The van der Waals surface area contributed by atoms with Gasteiger partial charge in [-0.05, 0) is 12.1 Å². The lowest BCUT2D eigenvalue weighted by Gasteiger charge is -2.19. The van der Waals surface area contributed by atoms with Crippen LogP contribution in [0.1, 0.15) is 9.75 Å². The largest absolute Gasteiger partial charge is 0.383 e. The topological polar surface area (TPSA) is 38.5 Å². The average Bonchev–Trinajstić information content (AvgIpc) is 2.74. The molecule has 0 aromatic carbocycles. The van der Waals surface area contributed by atoms with Gasteiger partial charge in [0.2, 0.25) is 0 Å². The van der Waals surface area contributed by atoms with E-state index in [4.69, 9.17) is 10.5 Å². The highest BCUT2D eigenvalue weighted by Gasteiger charge is 2.06. The maximum atomic E-state index is 5.59. The third kappa shape index (κ3) is 4.45. The van der Waals surface area contributed by atoms with Crippen molar-refractivity contribution in [3.8, 4) is 0 Å². The van der Waals surface area contributed by atoms with Crippen LogP contribution in [0.5, 0.6) is 0 Å². The summed E-state index contributed by atoms with van der Waals surface area (Å²) in [5, 5.41) is 0. The van der Waals surface area contributed by atoms with Gasteiger partial charge in [0, 0.05) is 43.0 Å². The number of rotatable bonds is 8. The fourth-order valence-electron chi connectivity index (χ4n) is 1.48. The number of thiophene rings is 1. The number of hydrogen-bond donors (Lipinski definition) is 1. The van der Waals surface area contributed by atoms with Crippen LogP contribution in [-0.2, 0) is 17.8 Å². The molecule has 1 aromatic heterocycles. The first-order valence-electron chi connectivity index (χ1n) is 5.40. The Morgan fingerprint density at radius 1 is 1.50 bits per heavy atom. The van der Waals surface area contributed by atoms with E-state index in [1.54, 1.807) is 18.4 Å². The fraction of sp³-hybridized carbons (Fsp3) is 0.500. The first-order chi connectivity index (χ1) is 7.80. The van der Waals surface area contributed by atoms with Crippen molar-refractivity contribution < 1.29 is 4.74 Å². The molecule has 0 atom stereocenters. The first-order valence-corrected chi connectivity index (χ1v) is 6.21. The average molecular weight is 240 g/mol. The summed E-state index contributed by atoms with van der Waals surface area (Å²) in [7, 11) is 1.73. The number of nitrogens with zero attached hydrogens (tertiary/aromatic N) is 1. The van der Waals surface area contributed by atoms with Gasteiger partial charge in [-0.1, -0.05) is 6.08 Å². The maximum Gasteiger partial charge on any atom is 0.0589 e. The zero-order chi connectivity index (χ0) is 11.8. The fourth-order valence-corrected chi connectivity index (χ4v) is 2.41. The lowest BCUT2D eigenvalue weighted by Crippen LogP contribution is -2.26. The Bertz CT molecular complexity index is 312. The van der Waals surface area contributed by atoms with Crippen molar-refractivity contribution in [2.45, 2.75) is 13.1 Å². The van der Waals surface area contributed by atoms with Gasteiger partial charge in [0.15, 0.2) is 0 Å². The second-order valence-corrected chi connectivity index (χ2v) is 4.84. The number of ether oxygens (including phenoxy) is 1. The SMILES string of the molecule is C=CCN(CCOC)Cc1ccc(CN)s1. The van der Waals surface area contributed by atoms with E-state index in [1.165, 1.54) is 9.75 Å². The Morgan fingerprint density at radius 2 is 2.25 bits per heavy atom. The molecular formula is C12H20N2OS. The standard InChI is InChI=1S/C12H20N2OS/c1-3-6-14(7-8-15-2)10-12-5-4-11(9-13)16-12/h3-5H,1,6-10,13H2,2H3. The van der Waals surface area contributed by atoms with Crippen LogP contribution in [0.4, 0.5) is 0 Å². The predicted octanol–water partition coefficient (Wildman–Crippen LogP) is 1.84. The summed E-state index contributed by atoms with van der Waals surface area (Å²) in [5.74, 6) is 0.